The molecule has 0 aromatic heterocycles. The molecule has 0 aliphatic heterocycles. The van der Waals surface area contributed by atoms with Crippen LogP contribution >= 0.6 is 0 Å². The van der Waals surface area contributed by atoms with Crippen molar-refractivity contribution < 1.29 is 17.9 Å². The Morgan fingerprint density at radius 3 is 2.67 bits per heavy atom. The van der Waals surface area contributed by atoms with E-state index in [-0.39, 0.29) is 12.2 Å². The predicted molar refractivity (Wildman–Crippen MR) is 50.7 cm³/mol. The van der Waals surface area contributed by atoms with Crippen LogP contribution in [-0.4, -0.2) is 13.3 Å². The monoisotopic (exact) mass is 214 g/mol. The van der Waals surface area contributed by atoms with Gasteiger partial charge in [-0.05, 0) is 23.8 Å². The predicted octanol–water partition coefficient (Wildman–Crippen LogP) is 2.78. The highest BCUT2D eigenvalue weighted by molar-refractivity contribution is 5.43. The third-order valence-corrected chi connectivity index (χ3v) is 1.81. The molecule has 0 heterocycles. The molecule has 1 aromatic carbocycles. The van der Waals surface area contributed by atoms with Crippen LogP contribution in [0.3, 0.4) is 0 Å². The lowest BCUT2D eigenvalue weighted by atomic mass is 10.1. The third kappa shape index (κ3) is 3.21. The standard InChI is InChI=1S/C11H9F3O/c1-2-8-3-4-10(15-11(13)14)9(7-8)5-6-12/h1,3-4,7,11H,5-6H2. The van der Waals surface area contributed by atoms with Crippen molar-refractivity contribution in [3.8, 4) is 18.1 Å². The molecule has 15 heavy (non-hydrogen) atoms. The van der Waals surface area contributed by atoms with Gasteiger partial charge < -0.3 is 4.74 Å². The molecule has 0 saturated heterocycles. The van der Waals surface area contributed by atoms with Gasteiger partial charge in [0.1, 0.15) is 5.75 Å². The number of terminal acetylenes is 1. The number of alkyl halides is 3. The maximum Gasteiger partial charge on any atom is 0.387 e. The normalized spacial score (nSPS) is 10.1. The minimum absolute atomic E-state index is 0.0115. The molecule has 0 saturated carbocycles. The third-order valence-electron chi connectivity index (χ3n) is 1.81. The second kappa shape index (κ2) is 5.30. The van der Waals surface area contributed by atoms with Crippen LogP contribution in [0.2, 0.25) is 0 Å². The van der Waals surface area contributed by atoms with Gasteiger partial charge in [0.05, 0.1) is 6.67 Å². The summed E-state index contributed by atoms with van der Waals surface area (Å²) >= 11 is 0. The molecule has 0 atom stereocenters. The van der Waals surface area contributed by atoms with Gasteiger partial charge in [-0.3, -0.25) is 4.39 Å². The molecule has 0 bridgehead atoms. The van der Waals surface area contributed by atoms with E-state index in [0.717, 1.165) is 0 Å². The van der Waals surface area contributed by atoms with Crippen molar-refractivity contribution in [2.75, 3.05) is 6.67 Å². The van der Waals surface area contributed by atoms with E-state index in [1.807, 2.05) is 0 Å². The second-order valence-electron chi connectivity index (χ2n) is 2.78. The first-order chi connectivity index (χ1) is 7.17. The van der Waals surface area contributed by atoms with Gasteiger partial charge >= 0.3 is 6.61 Å². The van der Waals surface area contributed by atoms with Crippen molar-refractivity contribution in [3.63, 3.8) is 0 Å². The van der Waals surface area contributed by atoms with Gasteiger partial charge in [-0.15, -0.1) is 6.42 Å². The number of hydrogen-bond donors (Lipinski definition) is 0. The van der Waals surface area contributed by atoms with Crippen molar-refractivity contribution in [2.24, 2.45) is 0 Å². The fraction of sp³-hybridized carbons (Fsp3) is 0.273. The molecule has 4 heteroatoms. The smallest absolute Gasteiger partial charge is 0.387 e. The molecule has 1 rings (SSSR count). The van der Waals surface area contributed by atoms with Crippen LogP contribution in [0.25, 0.3) is 0 Å². The molecular weight excluding hydrogens is 205 g/mol. The maximum atomic E-state index is 12.1. The number of aryl methyl sites for hydroxylation is 1. The molecule has 0 unspecified atom stereocenters. The van der Waals surface area contributed by atoms with E-state index < -0.39 is 13.3 Å². The van der Waals surface area contributed by atoms with Crippen LogP contribution in [0.15, 0.2) is 18.2 Å². The minimum Gasteiger partial charge on any atom is -0.435 e. The van der Waals surface area contributed by atoms with E-state index in [4.69, 9.17) is 6.42 Å². The van der Waals surface area contributed by atoms with E-state index in [9.17, 15) is 13.2 Å². The maximum absolute atomic E-state index is 12.1. The van der Waals surface area contributed by atoms with E-state index in [2.05, 4.69) is 10.7 Å². The lowest BCUT2D eigenvalue weighted by Gasteiger charge is -2.09. The van der Waals surface area contributed by atoms with Crippen molar-refractivity contribution in [1.82, 2.24) is 0 Å². The molecule has 0 aliphatic carbocycles. The highest BCUT2D eigenvalue weighted by atomic mass is 19.3. The highest BCUT2D eigenvalue weighted by Gasteiger charge is 2.09. The quantitative estimate of drug-likeness (QED) is 0.700. The summed E-state index contributed by atoms with van der Waals surface area (Å²) in [6.07, 6.45) is 5.14. The first kappa shape index (κ1) is 11.4. The van der Waals surface area contributed by atoms with Crippen LogP contribution in [0.1, 0.15) is 11.1 Å². The van der Waals surface area contributed by atoms with Crippen LogP contribution in [0, 0.1) is 12.3 Å². The van der Waals surface area contributed by atoms with Crippen LogP contribution in [0.5, 0.6) is 5.75 Å². The first-order valence-corrected chi connectivity index (χ1v) is 4.27. The summed E-state index contributed by atoms with van der Waals surface area (Å²) in [7, 11) is 0. The van der Waals surface area contributed by atoms with Gasteiger partial charge in [0.25, 0.3) is 0 Å². The zero-order valence-electron chi connectivity index (χ0n) is 7.84. The molecule has 1 nitrogen and oxygen atoms in total. The summed E-state index contributed by atoms with van der Waals surface area (Å²) in [6, 6.07) is 4.27. The van der Waals surface area contributed by atoms with E-state index in [0.29, 0.717) is 11.1 Å². The van der Waals surface area contributed by atoms with Crippen molar-refractivity contribution in [1.29, 1.82) is 0 Å². The van der Waals surface area contributed by atoms with Crippen molar-refractivity contribution in [2.45, 2.75) is 13.0 Å². The van der Waals surface area contributed by atoms with Gasteiger partial charge in [-0.2, -0.15) is 8.78 Å². The zero-order chi connectivity index (χ0) is 11.3. The largest absolute Gasteiger partial charge is 0.435 e. The molecule has 0 aliphatic rings. The Labute approximate surface area is 85.9 Å². The van der Waals surface area contributed by atoms with E-state index in [1.54, 1.807) is 0 Å². The number of benzene rings is 1. The summed E-state index contributed by atoms with van der Waals surface area (Å²) in [5, 5.41) is 0. The lowest BCUT2D eigenvalue weighted by Crippen LogP contribution is -2.05. The highest BCUT2D eigenvalue weighted by Crippen LogP contribution is 2.22. The second-order valence-corrected chi connectivity index (χ2v) is 2.78. The first-order valence-electron chi connectivity index (χ1n) is 4.27. The van der Waals surface area contributed by atoms with Crippen LogP contribution in [0.4, 0.5) is 13.2 Å². The molecular formula is C11H9F3O. The minimum atomic E-state index is -2.92. The fourth-order valence-corrected chi connectivity index (χ4v) is 1.18. The number of hydrogen-bond acceptors (Lipinski definition) is 1. The fourth-order valence-electron chi connectivity index (χ4n) is 1.18. The average Bonchev–Trinajstić information content (AvgIpc) is 2.20. The topological polar surface area (TPSA) is 9.23 Å². The Balaban J connectivity index is 2.99. The molecule has 0 amide bonds. The lowest BCUT2D eigenvalue weighted by molar-refractivity contribution is -0.0504. The summed E-state index contributed by atoms with van der Waals surface area (Å²) in [6.45, 7) is -3.56. The van der Waals surface area contributed by atoms with E-state index >= 15 is 0 Å². The van der Waals surface area contributed by atoms with Crippen LogP contribution < -0.4 is 4.74 Å². The van der Waals surface area contributed by atoms with Gasteiger partial charge in [-0.25, -0.2) is 0 Å². The molecule has 1 aromatic rings. The Bertz CT molecular complexity index is 369. The van der Waals surface area contributed by atoms with Crippen LogP contribution in [-0.2, 0) is 6.42 Å². The van der Waals surface area contributed by atoms with Crippen molar-refractivity contribution >= 4 is 0 Å². The van der Waals surface area contributed by atoms with Gasteiger partial charge in [0, 0.05) is 12.0 Å². The zero-order valence-corrected chi connectivity index (χ0v) is 7.84. The van der Waals surface area contributed by atoms with Gasteiger partial charge in [-0.1, -0.05) is 5.92 Å². The molecule has 0 spiro atoms. The van der Waals surface area contributed by atoms with Gasteiger partial charge in [0.15, 0.2) is 0 Å². The molecule has 0 fully saturated rings. The van der Waals surface area contributed by atoms with Crippen molar-refractivity contribution in [3.05, 3.63) is 29.3 Å². The number of ether oxygens (including phenoxy) is 1. The Morgan fingerprint density at radius 1 is 1.40 bits per heavy atom. The molecule has 80 valence electrons. The Kier molecular flexibility index (Phi) is 4.04. The SMILES string of the molecule is C#Cc1ccc(OC(F)F)c(CCF)c1. The molecule has 0 radical (unpaired) electrons. The summed E-state index contributed by atoms with van der Waals surface area (Å²) in [4.78, 5) is 0. The van der Waals surface area contributed by atoms with E-state index in [1.165, 1.54) is 18.2 Å². The Hall–Kier alpha value is -1.63. The number of rotatable bonds is 4. The average molecular weight is 214 g/mol. The number of halogens is 3. The summed E-state index contributed by atoms with van der Waals surface area (Å²) in [5.74, 6) is 2.31. The Morgan fingerprint density at radius 2 is 2.13 bits per heavy atom. The molecule has 0 N–H and O–H groups in total. The summed E-state index contributed by atoms with van der Waals surface area (Å²) < 4.78 is 40.3. The summed E-state index contributed by atoms with van der Waals surface area (Å²) in [5.41, 5.74) is 0.869. The van der Waals surface area contributed by atoms with Gasteiger partial charge in [0.2, 0.25) is 0 Å².